The summed E-state index contributed by atoms with van der Waals surface area (Å²) in [4.78, 5) is 16.3. The van der Waals surface area contributed by atoms with Crippen molar-refractivity contribution in [2.75, 3.05) is 12.4 Å². The van der Waals surface area contributed by atoms with Crippen LogP contribution in [0.1, 0.15) is 10.4 Å². The first kappa shape index (κ1) is 12.1. The Morgan fingerprint density at radius 1 is 1.37 bits per heavy atom. The average Bonchev–Trinajstić information content (AvgIpc) is 3.06. The SMILES string of the molecule is COc1ccc2nc(NC(=O)c3ccsc3)sc2c1. The Balaban J connectivity index is 1.87. The Kier molecular flexibility index (Phi) is 3.18. The molecular formula is C13H10N2O2S2. The molecule has 2 heterocycles. The first-order valence-corrected chi connectivity index (χ1v) is 7.30. The summed E-state index contributed by atoms with van der Waals surface area (Å²) < 4.78 is 6.15. The van der Waals surface area contributed by atoms with Crippen molar-refractivity contribution in [2.45, 2.75) is 0 Å². The molecule has 6 heteroatoms. The maximum absolute atomic E-state index is 11.9. The third-order valence-electron chi connectivity index (χ3n) is 2.60. The Labute approximate surface area is 117 Å². The molecule has 1 N–H and O–H groups in total. The number of anilines is 1. The number of benzene rings is 1. The summed E-state index contributed by atoms with van der Waals surface area (Å²) in [6.45, 7) is 0. The van der Waals surface area contributed by atoms with E-state index in [4.69, 9.17) is 4.74 Å². The lowest BCUT2D eigenvalue weighted by atomic mass is 10.3. The summed E-state index contributed by atoms with van der Waals surface area (Å²) in [6, 6.07) is 7.43. The van der Waals surface area contributed by atoms with Crippen LogP contribution in [0.5, 0.6) is 5.75 Å². The maximum Gasteiger partial charge on any atom is 0.258 e. The van der Waals surface area contributed by atoms with E-state index in [9.17, 15) is 4.79 Å². The van der Waals surface area contributed by atoms with E-state index in [-0.39, 0.29) is 5.91 Å². The lowest BCUT2D eigenvalue weighted by molar-refractivity contribution is 0.102. The number of ether oxygens (including phenoxy) is 1. The highest BCUT2D eigenvalue weighted by atomic mass is 32.1. The van der Waals surface area contributed by atoms with Crippen LogP contribution in [0.4, 0.5) is 5.13 Å². The number of thiophene rings is 1. The topological polar surface area (TPSA) is 51.2 Å². The normalized spacial score (nSPS) is 10.6. The summed E-state index contributed by atoms with van der Waals surface area (Å²) >= 11 is 2.93. The van der Waals surface area contributed by atoms with Crippen LogP contribution in [0.3, 0.4) is 0 Å². The predicted molar refractivity (Wildman–Crippen MR) is 78.4 cm³/mol. The van der Waals surface area contributed by atoms with Crippen molar-refractivity contribution >= 4 is 43.9 Å². The van der Waals surface area contributed by atoms with E-state index >= 15 is 0 Å². The van der Waals surface area contributed by atoms with Crippen molar-refractivity contribution in [3.8, 4) is 5.75 Å². The van der Waals surface area contributed by atoms with Crippen LogP contribution < -0.4 is 10.1 Å². The van der Waals surface area contributed by atoms with Crippen LogP contribution in [0.15, 0.2) is 35.0 Å². The molecule has 0 unspecified atom stereocenters. The molecule has 0 aliphatic heterocycles. The molecule has 0 saturated heterocycles. The largest absolute Gasteiger partial charge is 0.497 e. The first-order chi connectivity index (χ1) is 9.26. The molecule has 1 aromatic carbocycles. The number of nitrogens with zero attached hydrogens (tertiary/aromatic N) is 1. The van der Waals surface area contributed by atoms with Crippen molar-refractivity contribution < 1.29 is 9.53 Å². The smallest absolute Gasteiger partial charge is 0.258 e. The quantitative estimate of drug-likeness (QED) is 0.801. The van der Waals surface area contributed by atoms with Crippen molar-refractivity contribution in [1.29, 1.82) is 0 Å². The average molecular weight is 290 g/mol. The molecule has 3 rings (SSSR count). The van der Waals surface area contributed by atoms with Gasteiger partial charge in [0.2, 0.25) is 0 Å². The van der Waals surface area contributed by atoms with Crippen LogP contribution in [0, 0.1) is 0 Å². The highest BCUT2D eigenvalue weighted by Crippen LogP contribution is 2.29. The number of rotatable bonds is 3. The number of aromatic nitrogens is 1. The number of carbonyl (C=O) groups is 1. The number of carbonyl (C=O) groups excluding carboxylic acids is 1. The Morgan fingerprint density at radius 2 is 2.26 bits per heavy atom. The second-order valence-corrected chi connectivity index (χ2v) is 5.63. The molecule has 0 atom stereocenters. The Bertz CT molecular complexity index is 719. The molecule has 4 nitrogen and oxygen atoms in total. The van der Waals surface area contributed by atoms with Gasteiger partial charge in [0.05, 0.1) is 22.9 Å². The number of nitrogens with one attached hydrogen (secondary N) is 1. The van der Waals surface area contributed by atoms with E-state index in [0.717, 1.165) is 16.0 Å². The molecule has 0 aliphatic carbocycles. The van der Waals surface area contributed by atoms with E-state index in [1.54, 1.807) is 13.2 Å². The summed E-state index contributed by atoms with van der Waals surface area (Å²) in [5, 5.41) is 7.09. The standard InChI is InChI=1S/C13H10N2O2S2/c1-17-9-2-3-10-11(6-9)19-13(14-10)15-12(16)8-4-5-18-7-8/h2-7H,1H3,(H,14,15,16). The highest BCUT2D eigenvalue weighted by molar-refractivity contribution is 7.22. The minimum Gasteiger partial charge on any atom is -0.497 e. The predicted octanol–water partition coefficient (Wildman–Crippen LogP) is 3.62. The van der Waals surface area contributed by atoms with Crippen LogP contribution in [-0.4, -0.2) is 18.0 Å². The van der Waals surface area contributed by atoms with Gasteiger partial charge in [0.1, 0.15) is 5.75 Å². The van der Waals surface area contributed by atoms with E-state index in [1.165, 1.54) is 22.7 Å². The third-order valence-corrected chi connectivity index (χ3v) is 4.22. The molecule has 0 saturated carbocycles. The fraction of sp³-hybridized carbons (Fsp3) is 0.0769. The van der Waals surface area contributed by atoms with Gasteiger partial charge < -0.3 is 4.74 Å². The molecule has 2 aromatic heterocycles. The molecule has 0 fully saturated rings. The maximum atomic E-state index is 11.9. The molecule has 0 spiro atoms. The summed E-state index contributed by atoms with van der Waals surface area (Å²) in [6.07, 6.45) is 0. The van der Waals surface area contributed by atoms with Gasteiger partial charge in [-0.05, 0) is 29.6 Å². The minimum atomic E-state index is -0.132. The summed E-state index contributed by atoms with van der Waals surface area (Å²) in [5.74, 6) is 0.652. The number of fused-ring (bicyclic) bond motifs is 1. The molecule has 0 radical (unpaired) electrons. The van der Waals surface area contributed by atoms with Crippen LogP contribution in [0.2, 0.25) is 0 Å². The van der Waals surface area contributed by atoms with Crippen molar-refractivity contribution in [2.24, 2.45) is 0 Å². The fourth-order valence-corrected chi connectivity index (χ4v) is 3.17. The summed E-state index contributed by atoms with van der Waals surface area (Å²) in [5.41, 5.74) is 1.51. The van der Waals surface area contributed by atoms with Gasteiger partial charge in [0.15, 0.2) is 5.13 Å². The van der Waals surface area contributed by atoms with Crippen LogP contribution in [0.25, 0.3) is 10.2 Å². The fourth-order valence-electron chi connectivity index (χ4n) is 1.65. The molecule has 96 valence electrons. The van der Waals surface area contributed by atoms with Gasteiger partial charge in [-0.15, -0.1) is 0 Å². The minimum absolute atomic E-state index is 0.132. The lowest BCUT2D eigenvalue weighted by Gasteiger charge is -1.97. The molecule has 19 heavy (non-hydrogen) atoms. The van der Waals surface area contributed by atoms with E-state index < -0.39 is 0 Å². The van der Waals surface area contributed by atoms with Crippen molar-refractivity contribution in [1.82, 2.24) is 4.98 Å². The lowest BCUT2D eigenvalue weighted by Crippen LogP contribution is -2.10. The van der Waals surface area contributed by atoms with Gasteiger partial charge in [-0.2, -0.15) is 11.3 Å². The molecule has 1 amide bonds. The van der Waals surface area contributed by atoms with E-state index in [1.807, 2.05) is 29.0 Å². The Morgan fingerprint density at radius 3 is 3.00 bits per heavy atom. The zero-order valence-corrected chi connectivity index (χ0v) is 11.7. The van der Waals surface area contributed by atoms with Gasteiger partial charge in [-0.1, -0.05) is 11.3 Å². The van der Waals surface area contributed by atoms with Crippen molar-refractivity contribution in [3.05, 3.63) is 40.6 Å². The zero-order valence-electron chi connectivity index (χ0n) is 10.0. The van der Waals surface area contributed by atoms with E-state index in [2.05, 4.69) is 10.3 Å². The second kappa shape index (κ2) is 4.99. The molecule has 0 bridgehead atoms. The third kappa shape index (κ3) is 2.45. The van der Waals surface area contributed by atoms with Gasteiger partial charge in [-0.25, -0.2) is 4.98 Å². The number of thiazole rings is 1. The molecule has 3 aromatic rings. The second-order valence-electron chi connectivity index (χ2n) is 3.82. The van der Waals surface area contributed by atoms with Crippen molar-refractivity contribution in [3.63, 3.8) is 0 Å². The van der Waals surface area contributed by atoms with Crippen LogP contribution in [-0.2, 0) is 0 Å². The zero-order chi connectivity index (χ0) is 13.2. The van der Waals surface area contributed by atoms with Crippen LogP contribution >= 0.6 is 22.7 Å². The number of amides is 1. The monoisotopic (exact) mass is 290 g/mol. The number of hydrogen-bond acceptors (Lipinski definition) is 5. The highest BCUT2D eigenvalue weighted by Gasteiger charge is 2.10. The Hall–Kier alpha value is -1.92. The first-order valence-electron chi connectivity index (χ1n) is 5.54. The van der Waals surface area contributed by atoms with Gasteiger partial charge >= 0.3 is 0 Å². The van der Waals surface area contributed by atoms with E-state index in [0.29, 0.717) is 10.7 Å². The van der Waals surface area contributed by atoms with Gasteiger partial charge in [0.25, 0.3) is 5.91 Å². The number of hydrogen-bond donors (Lipinski definition) is 1. The molecule has 0 aliphatic rings. The number of methoxy groups -OCH3 is 1. The molecular weight excluding hydrogens is 280 g/mol. The van der Waals surface area contributed by atoms with Gasteiger partial charge in [-0.3, -0.25) is 10.1 Å². The van der Waals surface area contributed by atoms with Gasteiger partial charge in [0, 0.05) is 5.38 Å². The summed E-state index contributed by atoms with van der Waals surface area (Å²) in [7, 11) is 1.63.